The number of halogens is 3. The first kappa shape index (κ1) is 38.3. The number of fused-ring (bicyclic) bond motifs is 1. The minimum absolute atomic E-state index is 0.107. The third kappa shape index (κ3) is 8.57. The maximum absolute atomic E-state index is 14.8. The van der Waals surface area contributed by atoms with Crippen molar-refractivity contribution in [1.29, 1.82) is 0 Å². The summed E-state index contributed by atoms with van der Waals surface area (Å²) >= 11 is 5.79. The van der Waals surface area contributed by atoms with Gasteiger partial charge in [0.2, 0.25) is 17.7 Å². The van der Waals surface area contributed by atoms with Crippen LogP contribution in [0.4, 0.5) is 26.0 Å². The van der Waals surface area contributed by atoms with Gasteiger partial charge in [0.25, 0.3) is 0 Å². The van der Waals surface area contributed by atoms with Gasteiger partial charge >= 0.3 is 0 Å². The van der Waals surface area contributed by atoms with Gasteiger partial charge in [0, 0.05) is 24.4 Å². The molecule has 1 aliphatic heterocycles. The van der Waals surface area contributed by atoms with Crippen molar-refractivity contribution in [3.8, 4) is 5.75 Å². The topological polar surface area (TPSA) is 147 Å². The average molecular weight is 738 g/mol. The van der Waals surface area contributed by atoms with Gasteiger partial charge in [-0.1, -0.05) is 62.7 Å². The van der Waals surface area contributed by atoms with Crippen molar-refractivity contribution in [2.45, 2.75) is 65.0 Å². The van der Waals surface area contributed by atoms with Crippen LogP contribution in [-0.4, -0.2) is 77.5 Å². The predicted molar refractivity (Wildman–Crippen MR) is 194 cm³/mol. The highest BCUT2D eigenvalue weighted by molar-refractivity contribution is 6.31. The van der Waals surface area contributed by atoms with E-state index in [1.54, 1.807) is 26.1 Å². The molecule has 0 spiro atoms. The smallest absolute Gasteiger partial charge is 0.247 e. The molecule has 52 heavy (non-hydrogen) atoms. The van der Waals surface area contributed by atoms with Gasteiger partial charge < -0.3 is 35.6 Å². The van der Waals surface area contributed by atoms with Crippen LogP contribution < -0.4 is 26.0 Å². The Morgan fingerprint density at radius 3 is 2.46 bits per heavy atom. The molecule has 0 aliphatic carbocycles. The van der Waals surface area contributed by atoms with Crippen LogP contribution in [0.15, 0.2) is 60.9 Å². The third-order valence-electron chi connectivity index (χ3n) is 8.91. The highest BCUT2D eigenvalue weighted by atomic mass is 35.5. The number of hydrogen-bond acceptors (Lipinski definition) is 9. The van der Waals surface area contributed by atoms with Gasteiger partial charge in [-0.2, -0.15) is 0 Å². The molecule has 0 saturated carbocycles. The van der Waals surface area contributed by atoms with Gasteiger partial charge in [0.05, 0.1) is 42.8 Å². The molecular weight excluding hydrogens is 696 g/mol. The van der Waals surface area contributed by atoms with Crippen molar-refractivity contribution in [2.24, 2.45) is 5.41 Å². The van der Waals surface area contributed by atoms with Crippen molar-refractivity contribution in [3.63, 3.8) is 0 Å². The number of amides is 3. The van der Waals surface area contributed by atoms with E-state index in [0.29, 0.717) is 10.9 Å². The molecule has 0 bridgehead atoms. The number of aromatic nitrogens is 2. The first-order valence-corrected chi connectivity index (χ1v) is 17.1. The van der Waals surface area contributed by atoms with Crippen LogP contribution in [0.1, 0.15) is 39.7 Å². The fraction of sp³-hybridized carbons (Fsp3) is 0.378. The van der Waals surface area contributed by atoms with E-state index >= 15 is 0 Å². The Hall–Kier alpha value is -4.92. The summed E-state index contributed by atoms with van der Waals surface area (Å²) in [7, 11) is 3.07. The van der Waals surface area contributed by atoms with Crippen molar-refractivity contribution in [3.05, 3.63) is 83.1 Å². The first-order valence-electron chi connectivity index (χ1n) is 16.7. The summed E-state index contributed by atoms with van der Waals surface area (Å²) in [6, 6.07) is 12.4. The molecule has 1 fully saturated rings. The summed E-state index contributed by atoms with van der Waals surface area (Å²) < 4.78 is 40.5. The van der Waals surface area contributed by atoms with E-state index < -0.39 is 58.1 Å². The molecule has 1 aromatic heterocycles. The maximum atomic E-state index is 14.8. The first-order chi connectivity index (χ1) is 24.7. The summed E-state index contributed by atoms with van der Waals surface area (Å²) in [6.07, 6.45) is 0.941. The van der Waals surface area contributed by atoms with Gasteiger partial charge in [-0.25, -0.2) is 18.7 Å². The zero-order valence-electron chi connectivity index (χ0n) is 29.7. The monoisotopic (exact) mass is 737 g/mol. The molecule has 3 aromatic carbocycles. The summed E-state index contributed by atoms with van der Waals surface area (Å²) in [4.78, 5) is 51.5. The van der Waals surface area contributed by atoms with Crippen molar-refractivity contribution in [1.82, 2.24) is 25.5 Å². The average Bonchev–Trinajstić information content (AvgIpc) is 3.57. The largest absolute Gasteiger partial charge is 0.494 e. The molecule has 12 nitrogen and oxygen atoms in total. The van der Waals surface area contributed by atoms with E-state index in [0.717, 1.165) is 11.6 Å². The Morgan fingerprint density at radius 2 is 1.79 bits per heavy atom. The minimum atomic E-state index is -1.00. The lowest BCUT2D eigenvalue weighted by atomic mass is 9.85. The number of carbonyl (C=O) groups is 3. The van der Waals surface area contributed by atoms with Gasteiger partial charge in [-0.05, 0) is 43.1 Å². The number of nitrogens with one attached hydrogen (secondary N) is 4. The number of methoxy groups -OCH3 is 1. The van der Waals surface area contributed by atoms with Crippen LogP contribution in [0.3, 0.4) is 0 Å². The fourth-order valence-corrected chi connectivity index (χ4v) is 5.99. The quantitative estimate of drug-likeness (QED) is 0.137. The summed E-state index contributed by atoms with van der Waals surface area (Å²) in [6.45, 7) is 7.59. The zero-order valence-corrected chi connectivity index (χ0v) is 30.5. The second-order valence-electron chi connectivity index (χ2n) is 13.6. The van der Waals surface area contributed by atoms with Crippen LogP contribution in [0, 0.1) is 17.0 Å². The van der Waals surface area contributed by atoms with Crippen LogP contribution in [0.25, 0.3) is 10.9 Å². The summed E-state index contributed by atoms with van der Waals surface area (Å²) in [5.74, 6) is -2.82. The highest BCUT2D eigenvalue weighted by Crippen LogP contribution is 2.36. The zero-order chi connectivity index (χ0) is 37.7. The maximum Gasteiger partial charge on any atom is 0.247 e. The number of ether oxygens (including phenoxy) is 2. The number of likely N-dealkylation sites (N-methyl/N-ethyl adjacent to an activating group) is 1. The lowest BCUT2D eigenvalue weighted by Gasteiger charge is -2.36. The van der Waals surface area contributed by atoms with E-state index in [2.05, 4.69) is 31.2 Å². The van der Waals surface area contributed by atoms with Crippen LogP contribution in [0.5, 0.6) is 5.75 Å². The number of carbonyl (C=O) groups excluding carboxylic acids is 3. The van der Waals surface area contributed by atoms with E-state index in [-0.39, 0.29) is 48.4 Å². The van der Waals surface area contributed by atoms with Crippen LogP contribution >= 0.6 is 11.6 Å². The lowest BCUT2D eigenvalue weighted by Crippen LogP contribution is -2.59. The van der Waals surface area contributed by atoms with E-state index in [9.17, 15) is 23.2 Å². The molecule has 3 amide bonds. The molecule has 1 saturated heterocycles. The molecule has 15 heteroatoms. The number of rotatable bonds is 12. The number of hydrogen-bond donors (Lipinski definition) is 4. The molecular formula is C37H42ClF2N7O5. The molecule has 0 radical (unpaired) electrons. The summed E-state index contributed by atoms with van der Waals surface area (Å²) in [5.41, 5.74) is 0.722. The minimum Gasteiger partial charge on any atom is -0.494 e. The van der Waals surface area contributed by atoms with Crippen LogP contribution in [-0.2, 0) is 25.7 Å². The second-order valence-corrected chi connectivity index (χ2v) is 14.0. The Labute approximate surface area is 305 Å². The number of nitrogens with zero attached hydrogens (tertiary/aromatic N) is 3. The normalized spacial score (nSPS) is 17.1. The predicted octanol–water partition coefficient (Wildman–Crippen LogP) is 5.58. The standard InChI is InChI=1S/C37H42ClF2N7O5/c1-20(41-5)34(48)46-32(37(2,3)4)36(50)47-17-22(52-18-21-10-8-7-9-11-21)14-28(47)35(49)45-27-15-23-26(16-29(27)51-6)42-19-43-33(23)44-25-13-12-24(39)30(38)31(25)40/h7-13,15-16,19-20,22,28,32,41H,14,17-18H2,1-6H3,(H,45,49)(H,46,48)(H,42,43,44)/t20-,22+,28-,32+/m0/s1. The molecule has 1 aliphatic rings. The molecule has 2 heterocycles. The molecule has 276 valence electrons. The molecule has 4 N–H and O–H groups in total. The van der Waals surface area contributed by atoms with E-state index in [4.69, 9.17) is 21.1 Å². The Balaban J connectivity index is 1.46. The highest BCUT2D eigenvalue weighted by Gasteiger charge is 2.45. The van der Waals surface area contributed by atoms with Crippen molar-refractivity contribution >= 4 is 57.4 Å². The van der Waals surface area contributed by atoms with Gasteiger partial charge in [-0.15, -0.1) is 0 Å². The van der Waals surface area contributed by atoms with Crippen LogP contribution in [0.2, 0.25) is 5.02 Å². The third-order valence-corrected chi connectivity index (χ3v) is 9.25. The lowest BCUT2D eigenvalue weighted by molar-refractivity contribution is -0.143. The SMILES string of the molecule is CN[C@@H](C)C(=O)N[C@H](C(=O)N1C[C@H](OCc2ccccc2)C[C@H]1C(=O)Nc1cc2c(Nc3ccc(F)c(Cl)c3F)ncnc2cc1OC)C(C)(C)C. The van der Waals surface area contributed by atoms with Crippen molar-refractivity contribution in [2.75, 3.05) is 31.3 Å². The van der Waals surface area contributed by atoms with E-state index in [1.165, 1.54) is 24.4 Å². The molecule has 4 aromatic rings. The molecule has 4 atom stereocenters. The Bertz CT molecular complexity index is 1950. The van der Waals surface area contributed by atoms with Gasteiger partial charge in [-0.3, -0.25) is 14.4 Å². The number of anilines is 3. The van der Waals surface area contributed by atoms with Crippen molar-refractivity contribution < 1.29 is 32.6 Å². The van der Waals surface area contributed by atoms with Gasteiger partial charge in [0.1, 0.15) is 40.8 Å². The second kappa shape index (κ2) is 16.2. The Kier molecular flexibility index (Phi) is 11.9. The molecule has 5 rings (SSSR count). The fourth-order valence-electron chi connectivity index (χ4n) is 5.83. The number of benzene rings is 3. The van der Waals surface area contributed by atoms with E-state index in [1.807, 2.05) is 51.1 Å². The number of likely N-dealkylation sites (tertiary alicyclic amines) is 1. The Morgan fingerprint density at radius 1 is 1.06 bits per heavy atom. The summed E-state index contributed by atoms with van der Waals surface area (Å²) in [5, 5.41) is 11.2. The van der Waals surface area contributed by atoms with Gasteiger partial charge in [0.15, 0.2) is 5.82 Å². The molecule has 0 unspecified atom stereocenters.